The topological polar surface area (TPSA) is 113 Å². The highest BCUT2D eigenvalue weighted by molar-refractivity contribution is 9.10. The van der Waals surface area contributed by atoms with Crippen molar-refractivity contribution >= 4 is 61.0 Å². The summed E-state index contributed by atoms with van der Waals surface area (Å²) in [7, 11) is -2.77. The highest BCUT2D eigenvalue weighted by Gasteiger charge is 2.33. The van der Waals surface area contributed by atoms with Crippen LogP contribution in [0, 0.1) is 6.92 Å². The van der Waals surface area contributed by atoms with Crippen LogP contribution in [0.15, 0.2) is 91.1 Å². The van der Waals surface area contributed by atoms with E-state index in [1.807, 2.05) is 6.92 Å². The fourth-order valence-electron chi connectivity index (χ4n) is 4.67. The standard InChI is InChI=1S/C31H26BrClN2O7S2/c1-5-41-30(37)26-18(3)34-31-35(27(26)20-8-10-21(33)11-9-20)29(36)25(43-31)16-19-14-23(32)28(24(15-19)40-4)42-44(38,39)22-12-6-17(2)7-13-22/h6-16,27H,5H2,1-4H3. The Morgan fingerprint density at radius 3 is 2.43 bits per heavy atom. The monoisotopic (exact) mass is 716 g/mol. The summed E-state index contributed by atoms with van der Waals surface area (Å²) in [6.45, 7) is 5.43. The molecule has 5 rings (SSSR count). The van der Waals surface area contributed by atoms with Crippen molar-refractivity contribution in [2.24, 2.45) is 4.99 Å². The molecule has 1 unspecified atom stereocenters. The number of benzene rings is 3. The molecule has 1 aliphatic heterocycles. The number of rotatable bonds is 8. The van der Waals surface area contributed by atoms with Crippen LogP contribution in [0.1, 0.15) is 36.6 Å². The van der Waals surface area contributed by atoms with Crippen molar-refractivity contribution in [2.45, 2.75) is 31.7 Å². The average Bonchev–Trinajstić information content (AvgIpc) is 3.28. The van der Waals surface area contributed by atoms with Crippen LogP contribution in [0.4, 0.5) is 0 Å². The Morgan fingerprint density at radius 1 is 1.11 bits per heavy atom. The number of methoxy groups -OCH3 is 1. The predicted molar refractivity (Wildman–Crippen MR) is 172 cm³/mol. The zero-order valence-corrected chi connectivity index (χ0v) is 27.9. The van der Waals surface area contributed by atoms with Gasteiger partial charge in [-0.3, -0.25) is 9.36 Å². The van der Waals surface area contributed by atoms with Gasteiger partial charge in [-0.05, 0) is 90.3 Å². The fraction of sp³-hybridized carbons (Fsp3) is 0.194. The number of hydrogen-bond donors (Lipinski definition) is 0. The molecule has 44 heavy (non-hydrogen) atoms. The van der Waals surface area contributed by atoms with Gasteiger partial charge in [-0.15, -0.1) is 0 Å². The molecule has 1 aliphatic rings. The summed E-state index contributed by atoms with van der Waals surface area (Å²) in [5.74, 6) is -0.467. The van der Waals surface area contributed by atoms with E-state index in [1.165, 1.54) is 23.8 Å². The van der Waals surface area contributed by atoms with Crippen LogP contribution in [0.25, 0.3) is 6.08 Å². The second-order valence-corrected chi connectivity index (χ2v) is 13.6. The maximum atomic E-state index is 13.9. The Balaban J connectivity index is 1.60. The molecule has 0 spiro atoms. The lowest BCUT2D eigenvalue weighted by Crippen LogP contribution is -2.39. The Labute approximate surface area is 271 Å². The van der Waals surface area contributed by atoms with Gasteiger partial charge in [-0.25, -0.2) is 9.79 Å². The zero-order chi connectivity index (χ0) is 31.8. The SMILES string of the molecule is CCOC(=O)C1=C(C)N=c2sc(=Cc3cc(Br)c(OS(=O)(=O)c4ccc(C)cc4)c(OC)c3)c(=O)n2C1c1ccc(Cl)cc1. The molecule has 1 aromatic heterocycles. The molecule has 4 aromatic rings. The van der Waals surface area contributed by atoms with Crippen molar-refractivity contribution in [2.75, 3.05) is 13.7 Å². The van der Waals surface area contributed by atoms with Crippen molar-refractivity contribution in [3.8, 4) is 11.5 Å². The van der Waals surface area contributed by atoms with Gasteiger partial charge in [0.15, 0.2) is 16.3 Å². The molecule has 0 bridgehead atoms. The molecule has 3 aromatic carbocycles. The quantitative estimate of drug-likeness (QED) is 0.180. The summed E-state index contributed by atoms with van der Waals surface area (Å²) in [6.07, 6.45) is 1.64. The Kier molecular flexibility index (Phi) is 9.17. The number of fused-ring (bicyclic) bond motifs is 1. The highest BCUT2D eigenvalue weighted by atomic mass is 79.9. The molecule has 13 heteroatoms. The molecule has 0 aliphatic carbocycles. The molecule has 1 atom stereocenters. The molecule has 0 saturated carbocycles. The van der Waals surface area contributed by atoms with Gasteiger partial charge in [-0.2, -0.15) is 8.42 Å². The first-order chi connectivity index (χ1) is 20.9. The number of aryl methyl sites for hydroxylation is 1. The minimum Gasteiger partial charge on any atom is -0.493 e. The lowest BCUT2D eigenvalue weighted by Gasteiger charge is -2.24. The summed E-state index contributed by atoms with van der Waals surface area (Å²) in [6, 6.07) is 15.6. The van der Waals surface area contributed by atoms with E-state index in [2.05, 4.69) is 20.9 Å². The van der Waals surface area contributed by atoms with Gasteiger partial charge in [0.05, 0.1) is 40.0 Å². The molecule has 228 valence electrons. The predicted octanol–water partition coefficient (Wildman–Crippen LogP) is 5.30. The third-order valence-electron chi connectivity index (χ3n) is 6.76. The van der Waals surface area contributed by atoms with E-state index >= 15 is 0 Å². The van der Waals surface area contributed by atoms with Crippen LogP contribution in [0.2, 0.25) is 5.02 Å². The summed E-state index contributed by atoms with van der Waals surface area (Å²) < 4.78 is 44.3. The third kappa shape index (κ3) is 6.25. The largest absolute Gasteiger partial charge is 0.493 e. The van der Waals surface area contributed by atoms with Gasteiger partial charge in [0.2, 0.25) is 0 Å². The van der Waals surface area contributed by atoms with Crippen LogP contribution in [-0.4, -0.2) is 32.7 Å². The van der Waals surface area contributed by atoms with Crippen molar-refractivity contribution < 1.29 is 26.9 Å². The first-order valence-electron chi connectivity index (χ1n) is 13.3. The smallest absolute Gasteiger partial charge is 0.339 e. The van der Waals surface area contributed by atoms with E-state index < -0.39 is 22.1 Å². The minimum atomic E-state index is -4.16. The van der Waals surface area contributed by atoms with Crippen LogP contribution >= 0.6 is 38.9 Å². The number of allylic oxidation sites excluding steroid dienone is 1. The maximum Gasteiger partial charge on any atom is 0.339 e. The van der Waals surface area contributed by atoms with Gasteiger partial charge >= 0.3 is 16.1 Å². The van der Waals surface area contributed by atoms with Crippen LogP contribution < -0.4 is 23.8 Å². The highest BCUT2D eigenvalue weighted by Crippen LogP contribution is 2.39. The third-order valence-corrected chi connectivity index (χ3v) is 9.81. The van der Waals surface area contributed by atoms with E-state index in [4.69, 9.17) is 25.3 Å². The van der Waals surface area contributed by atoms with E-state index in [0.717, 1.165) is 16.9 Å². The van der Waals surface area contributed by atoms with Crippen molar-refractivity contribution in [3.05, 3.63) is 118 Å². The van der Waals surface area contributed by atoms with Crippen LogP contribution in [0.3, 0.4) is 0 Å². The van der Waals surface area contributed by atoms with E-state index in [9.17, 15) is 18.0 Å². The number of ether oxygens (including phenoxy) is 2. The number of hydrogen-bond acceptors (Lipinski definition) is 9. The molecule has 9 nitrogen and oxygen atoms in total. The van der Waals surface area contributed by atoms with Gasteiger partial charge in [0.1, 0.15) is 4.90 Å². The Hall–Kier alpha value is -3.71. The number of halogens is 2. The fourth-order valence-corrected chi connectivity index (χ4v) is 7.45. The van der Waals surface area contributed by atoms with Crippen molar-refractivity contribution in [1.29, 1.82) is 0 Å². The number of carbonyl (C=O) groups is 1. The summed E-state index contributed by atoms with van der Waals surface area (Å²) in [5, 5.41) is 0.512. The number of esters is 1. The second kappa shape index (κ2) is 12.7. The first-order valence-corrected chi connectivity index (χ1v) is 16.7. The molecule has 0 N–H and O–H groups in total. The molecule has 0 fully saturated rings. The number of nitrogens with zero attached hydrogens (tertiary/aromatic N) is 2. The van der Waals surface area contributed by atoms with Crippen LogP contribution in [-0.2, 0) is 19.6 Å². The van der Waals surface area contributed by atoms with Gasteiger partial charge in [0.25, 0.3) is 5.56 Å². The lowest BCUT2D eigenvalue weighted by atomic mass is 9.96. The first kappa shape index (κ1) is 31.7. The molecule has 0 saturated heterocycles. The van der Waals surface area contributed by atoms with E-state index in [1.54, 1.807) is 68.5 Å². The number of aromatic nitrogens is 1. The van der Waals surface area contributed by atoms with E-state index in [0.29, 0.717) is 35.7 Å². The Bertz CT molecular complexity index is 2090. The molecule has 2 heterocycles. The van der Waals surface area contributed by atoms with Crippen LogP contribution in [0.5, 0.6) is 11.5 Å². The average molecular weight is 718 g/mol. The number of carbonyl (C=O) groups excluding carboxylic acids is 1. The molecule has 0 radical (unpaired) electrons. The van der Waals surface area contributed by atoms with Crippen molar-refractivity contribution in [1.82, 2.24) is 4.57 Å². The number of thiazole rings is 1. The minimum absolute atomic E-state index is 0.00466. The molecular weight excluding hydrogens is 692 g/mol. The molecular formula is C31H26BrClN2O7S2. The zero-order valence-electron chi connectivity index (χ0n) is 24.0. The summed E-state index contributed by atoms with van der Waals surface area (Å²) >= 11 is 10.7. The summed E-state index contributed by atoms with van der Waals surface area (Å²) in [4.78, 5) is 32.0. The van der Waals surface area contributed by atoms with Gasteiger partial charge in [-0.1, -0.05) is 52.8 Å². The summed E-state index contributed by atoms with van der Waals surface area (Å²) in [5.41, 5.74) is 2.43. The van der Waals surface area contributed by atoms with Gasteiger partial charge in [0, 0.05) is 5.02 Å². The van der Waals surface area contributed by atoms with Crippen molar-refractivity contribution in [3.63, 3.8) is 0 Å². The normalized spacial score (nSPS) is 15.0. The van der Waals surface area contributed by atoms with Gasteiger partial charge < -0.3 is 13.7 Å². The van der Waals surface area contributed by atoms with E-state index in [-0.39, 0.29) is 34.1 Å². The molecule has 0 amide bonds. The maximum absolute atomic E-state index is 13.9. The lowest BCUT2D eigenvalue weighted by molar-refractivity contribution is -0.139. The Morgan fingerprint density at radius 2 is 1.80 bits per heavy atom. The second-order valence-electron chi connectivity index (χ2n) is 9.74.